The van der Waals surface area contributed by atoms with Gasteiger partial charge in [-0.05, 0) is 35.2 Å². The number of nitrogens with one attached hydrogen (secondary N) is 1. The van der Waals surface area contributed by atoms with Crippen molar-refractivity contribution in [1.29, 1.82) is 0 Å². The number of benzene rings is 2. The molecule has 24 heavy (non-hydrogen) atoms. The molecule has 0 aliphatic rings. The fourth-order valence-corrected chi connectivity index (χ4v) is 2.75. The molecule has 0 unspecified atom stereocenters. The van der Waals surface area contributed by atoms with Crippen LogP contribution in [0.4, 0.5) is 0 Å². The molecule has 0 spiro atoms. The van der Waals surface area contributed by atoms with Crippen LogP contribution >= 0.6 is 0 Å². The summed E-state index contributed by atoms with van der Waals surface area (Å²) in [6.07, 6.45) is 0. The maximum absolute atomic E-state index is 5.86. The largest absolute Gasteiger partial charge is 0.415 e. The van der Waals surface area contributed by atoms with E-state index in [1.54, 1.807) is 0 Å². The van der Waals surface area contributed by atoms with E-state index in [-0.39, 0.29) is 5.41 Å². The van der Waals surface area contributed by atoms with Crippen LogP contribution in [-0.4, -0.2) is 15.2 Å². The van der Waals surface area contributed by atoms with E-state index in [1.165, 1.54) is 5.56 Å². The van der Waals surface area contributed by atoms with Crippen LogP contribution in [0.2, 0.25) is 0 Å². The number of H-pyrrole nitrogens is 1. The smallest absolute Gasteiger partial charge is 0.264 e. The van der Waals surface area contributed by atoms with E-state index in [9.17, 15) is 0 Å². The highest BCUT2D eigenvalue weighted by atomic mass is 16.4. The molecule has 0 aliphatic heterocycles. The van der Waals surface area contributed by atoms with E-state index < -0.39 is 0 Å². The number of nitrogens with zero attached hydrogens (tertiary/aromatic N) is 2. The summed E-state index contributed by atoms with van der Waals surface area (Å²) in [6, 6.07) is 18.4. The maximum atomic E-state index is 5.86. The SMILES string of the molecule is CC(C)(C)c1ccc(-c2nnc(-c3cc4ccccc4[nH]3)o2)cc1. The highest BCUT2D eigenvalue weighted by Crippen LogP contribution is 2.28. The Morgan fingerprint density at radius 3 is 2.29 bits per heavy atom. The average Bonchev–Trinajstić information content (AvgIpc) is 3.21. The molecule has 2 aromatic heterocycles. The molecule has 4 nitrogen and oxygen atoms in total. The summed E-state index contributed by atoms with van der Waals surface area (Å²) in [5, 5.41) is 9.50. The fraction of sp³-hybridized carbons (Fsp3) is 0.200. The van der Waals surface area contributed by atoms with Crippen LogP contribution in [0.15, 0.2) is 59.0 Å². The van der Waals surface area contributed by atoms with Gasteiger partial charge in [-0.25, -0.2) is 0 Å². The Kier molecular flexibility index (Phi) is 3.27. The number of aromatic amines is 1. The first kappa shape index (κ1) is 14.7. The quantitative estimate of drug-likeness (QED) is 0.554. The highest BCUT2D eigenvalue weighted by Gasteiger charge is 2.15. The Hall–Kier alpha value is -2.88. The second kappa shape index (κ2) is 5.34. The number of hydrogen-bond donors (Lipinski definition) is 1. The lowest BCUT2D eigenvalue weighted by Gasteiger charge is -2.18. The van der Waals surface area contributed by atoms with Gasteiger partial charge in [-0.1, -0.05) is 51.1 Å². The van der Waals surface area contributed by atoms with Crippen molar-refractivity contribution < 1.29 is 4.42 Å². The van der Waals surface area contributed by atoms with Crippen LogP contribution in [0, 0.1) is 0 Å². The van der Waals surface area contributed by atoms with Gasteiger partial charge >= 0.3 is 0 Å². The molecule has 0 fully saturated rings. The maximum Gasteiger partial charge on any atom is 0.264 e. The number of hydrogen-bond acceptors (Lipinski definition) is 3. The van der Waals surface area contributed by atoms with Crippen molar-refractivity contribution in [1.82, 2.24) is 15.2 Å². The van der Waals surface area contributed by atoms with Crippen molar-refractivity contribution in [3.05, 3.63) is 60.2 Å². The molecule has 120 valence electrons. The molecule has 0 radical (unpaired) electrons. The lowest BCUT2D eigenvalue weighted by molar-refractivity contribution is 0.580. The molecule has 0 bridgehead atoms. The minimum Gasteiger partial charge on any atom is -0.415 e. The predicted octanol–water partition coefficient (Wildman–Crippen LogP) is 5.18. The summed E-state index contributed by atoms with van der Waals surface area (Å²) in [7, 11) is 0. The second-order valence-electron chi connectivity index (χ2n) is 7.01. The van der Waals surface area contributed by atoms with E-state index >= 15 is 0 Å². The first-order valence-corrected chi connectivity index (χ1v) is 8.03. The van der Waals surface area contributed by atoms with E-state index in [0.717, 1.165) is 22.2 Å². The Bertz CT molecular complexity index is 955. The third-order valence-electron chi connectivity index (χ3n) is 4.18. The lowest BCUT2D eigenvalue weighted by atomic mass is 9.87. The molecular weight excluding hydrogens is 298 g/mol. The molecule has 4 aromatic rings. The number of fused-ring (bicyclic) bond motifs is 1. The molecule has 0 aliphatic carbocycles. The summed E-state index contributed by atoms with van der Waals surface area (Å²) in [5.74, 6) is 1.03. The molecule has 2 heterocycles. The predicted molar refractivity (Wildman–Crippen MR) is 95.7 cm³/mol. The van der Waals surface area contributed by atoms with Crippen molar-refractivity contribution in [3.63, 3.8) is 0 Å². The van der Waals surface area contributed by atoms with Crippen molar-refractivity contribution >= 4 is 10.9 Å². The van der Waals surface area contributed by atoms with Crippen LogP contribution in [-0.2, 0) is 5.41 Å². The normalized spacial score (nSPS) is 12.0. The zero-order valence-electron chi connectivity index (χ0n) is 14.0. The highest BCUT2D eigenvalue weighted by molar-refractivity contribution is 5.84. The molecule has 0 amide bonds. The first-order chi connectivity index (χ1) is 11.5. The Labute approximate surface area is 140 Å². The summed E-state index contributed by atoms with van der Waals surface area (Å²) >= 11 is 0. The van der Waals surface area contributed by atoms with Gasteiger partial charge in [0, 0.05) is 16.5 Å². The van der Waals surface area contributed by atoms with E-state index in [1.807, 2.05) is 36.4 Å². The van der Waals surface area contributed by atoms with Gasteiger partial charge in [0.05, 0.1) is 0 Å². The van der Waals surface area contributed by atoms with E-state index in [4.69, 9.17) is 4.42 Å². The second-order valence-corrected chi connectivity index (χ2v) is 7.01. The van der Waals surface area contributed by atoms with Crippen molar-refractivity contribution in [2.75, 3.05) is 0 Å². The third-order valence-corrected chi connectivity index (χ3v) is 4.18. The lowest BCUT2D eigenvalue weighted by Crippen LogP contribution is -2.10. The van der Waals surface area contributed by atoms with Gasteiger partial charge in [0.15, 0.2) is 0 Å². The Balaban J connectivity index is 1.67. The van der Waals surface area contributed by atoms with Gasteiger partial charge in [-0.2, -0.15) is 0 Å². The molecule has 4 rings (SSSR count). The molecular formula is C20H19N3O. The minimum absolute atomic E-state index is 0.128. The molecule has 1 N–H and O–H groups in total. The summed E-state index contributed by atoms with van der Waals surface area (Å²) < 4.78 is 5.86. The topological polar surface area (TPSA) is 54.7 Å². The first-order valence-electron chi connectivity index (χ1n) is 8.03. The summed E-state index contributed by atoms with van der Waals surface area (Å²) in [5.41, 5.74) is 4.23. The van der Waals surface area contributed by atoms with Gasteiger partial charge in [-0.3, -0.25) is 0 Å². The fourth-order valence-electron chi connectivity index (χ4n) is 2.75. The van der Waals surface area contributed by atoms with Gasteiger partial charge in [-0.15, -0.1) is 10.2 Å². The van der Waals surface area contributed by atoms with E-state index in [0.29, 0.717) is 11.8 Å². The van der Waals surface area contributed by atoms with Crippen LogP contribution in [0.25, 0.3) is 33.9 Å². The zero-order chi connectivity index (χ0) is 16.7. The summed E-state index contributed by atoms with van der Waals surface area (Å²) in [6.45, 7) is 6.59. The molecule has 4 heteroatoms. The monoisotopic (exact) mass is 317 g/mol. The van der Waals surface area contributed by atoms with Gasteiger partial charge in [0.2, 0.25) is 5.89 Å². The zero-order valence-corrected chi connectivity index (χ0v) is 14.0. The number of rotatable bonds is 2. The van der Waals surface area contributed by atoms with Crippen LogP contribution < -0.4 is 0 Å². The van der Waals surface area contributed by atoms with Crippen molar-refractivity contribution in [2.45, 2.75) is 26.2 Å². The van der Waals surface area contributed by atoms with Crippen LogP contribution in [0.3, 0.4) is 0 Å². The Morgan fingerprint density at radius 2 is 1.58 bits per heavy atom. The van der Waals surface area contributed by atoms with Crippen molar-refractivity contribution in [3.8, 4) is 23.0 Å². The Morgan fingerprint density at radius 1 is 0.875 bits per heavy atom. The summed E-state index contributed by atoms with van der Waals surface area (Å²) in [4.78, 5) is 3.31. The average molecular weight is 317 g/mol. The standard InChI is InChI=1S/C20H19N3O/c1-20(2,3)15-10-8-13(9-11-15)18-22-23-19(24-18)17-12-14-6-4-5-7-16(14)21-17/h4-12,21H,1-3H3. The van der Waals surface area contributed by atoms with Crippen molar-refractivity contribution in [2.24, 2.45) is 0 Å². The van der Waals surface area contributed by atoms with Gasteiger partial charge in [0.25, 0.3) is 5.89 Å². The number of aromatic nitrogens is 3. The van der Waals surface area contributed by atoms with Gasteiger partial charge < -0.3 is 9.40 Å². The van der Waals surface area contributed by atoms with E-state index in [2.05, 4.69) is 54.2 Å². The third kappa shape index (κ3) is 2.60. The minimum atomic E-state index is 0.128. The molecule has 0 saturated carbocycles. The molecule has 0 atom stereocenters. The number of para-hydroxylation sites is 1. The molecule has 2 aromatic carbocycles. The van der Waals surface area contributed by atoms with Crippen LogP contribution in [0.5, 0.6) is 0 Å². The van der Waals surface area contributed by atoms with Crippen LogP contribution in [0.1, 0.15) is 26.3 Å². The van der Waals surface area contributed by atoms with Gasteiger partial charge in [0.1, 0.15) is 5.69 Å². The molecule has 0 saturated heterocycles.